The Hall–Kier alpha value is -0.570. The third-order valence-electron chi connectivity index (χ3n) is 1.43. The van der Waals surface area contributed by atoms with Crippen LogP contribution < -0.4 is 5.32 Å². The van der Waals surface area contributed by atoms with E-state index in [1.54, 1.807) is 14.0 Å². The standard InChI is InChI=1S/C9H19NO2.C2H6/c1-7(10-5)8(11)12-6-9(2,3)4;1-2/h7,10H,6H2,1-5H3;1-2H3. The Morgan fingerprint density at radius 1 is 1.36 bits per heavy atom. The zero-order valence-corrected chi connectivity index (χ0v) is 10.6. The topological polar surface area (TPSA) is 38.3 Å². The van der Waals surface area contributed by atoms with Gasteiger partial charge in [-0.25, -0.2) is 0 Å². The third kappa shape index (κ3) is 9.52. The molecule has 3 heteroatoms. The molecule has 0 fully saturated rings. The van der Waals surface area contributed by atoms with Crippen molar-refractivity contribution < 1.29 is 9.53 Å². The molecular weight excluding hydrogens is 178 g/mol. The van der Waals surface area contributed by atoms with E-state index in [0.29, 0.717) is 6.61 Å². The highest BCUT2D eigenvalue weighted by Gasteiger charge is 2.16. The molecule has 0 heterocycles. The van der Waals surface area contributed by atoms with Gasteiger partial charge in [-0.1, -0.05) is 34.6 Å². The van der Waals surface area contributed by atoms with Crippen LogP contribution in [-0.4, -0.2) is 25.7 Å². The van der Waals surface area contributed by atoms with Gasteiger partial charge in [-0.3, -0.25) is 4.79 Å². The highest BCUT2D eigenvalue weighted by atomic mass is 16.5. The average Bonchev–Trinajstić information content (AvgIpc) is 2.15. The van der Waals surface area contributed by atoms with Crippen LogP contribution in [0.1, 0.15) is 41.5 Å². The first-order valence-corrected chi connectivity index (χ1v) is 5.21. The average molecular weight is 203 g/mol. The smallest absolute Gasteiger partial charge is 0.322 e. The van der Waals surface area contributed by atoms with E-state index >= 15 is 0 Å². The summed E-state index contributed by atoms with van der Waals surface area (Å²) in [7, 11) is 1.74. The molecule has 0 aliphatic rings. The second kappa shape index (κ2) is 7.80. The van der Waals surface area contributed by atoms with Crippen LogP contribution in [0.3, 0.4) is 0 Å². The molecule has 0 saturated carbocycles. The van der Waals surface area contributed by atoms with Crippen molar-refractivity contribution in [2.45, 2.75) is 47.6 Å². The van der Waals surface area contributed by atoms with Gasteiger partial charge >= 0.3 is 5.97 Å². The lowest BCUT2D eigenvalue weighted by Gasteiger charge is -2.19. The Balaban J connectivity index is 0. The molecule has 0 saturated heterocycles. The molecular formula is C11H25NO2. The summed E-state index contributed by atoms with van der Waals surface area (Å²) >= 11 is 0. The molecule has 0 radical (unpaired) electrons. The summed E-state index contributed by atoms with van der Waals surface area (Å²) < 4.78 is 5.06. The van der Waals surface area contributed by atoms with Gasteiger partial charge in [-0.2, -0.15) is 0 Å². The minimum atomic E-state index is -0.215. The van der Waals surface area contributed by atoms with Crippen LogP contribution in [0.4, 0.5) is 0 Å². The van der Waals surface area contributed by atoms with Gasteiger partial charge in [0.2, 0.25) is 0 Å². The van der Waals surface area contributed by atoms with E-state index in [9.17, 15) is 4.79 Å². The molecule has 0 spiro atoms. The molecule has 1 N–H and O–H groups in total. The van der Waals surface area contributed by atoms with E-state index in [4.69, 9.17) is 4.74 Å². The third-order valence-corrected chi connectivity index (χ3v) is 1.43. The molecule has 0 bridgehead atoms. The van der Waals surface area contributed by atoms with E-state index in [0.717, 1.165) is 0 Å². The molecule has 0 amide bonds. The summed E-state index contributed by atoms with van der Waals surface area (Å²) in [5, 5.41) is 2.83. The van der Waals surface area contributed by atoms with Crippen molar-refractivity contribution in [3.05, 3.63) is 0 Å². The van der Waals surface area contributed by atoms with Crippen LogP contribution in [0.25, 0.3) is 0 Å². The van der Waals surface area contributed by atoms with Crippen molar-refractivity contribution in [1.82, 2.24) is 5.32 Å². The normalized spacial score (nSPS) is 12.5. The molecule has 1 atom stereocenters. The fourth-order valence-corrected chi connectivity index (χ4v) is 0.530. The number of rotatable bonds is 3. The van der Waals surface area contributed by atoms with Gasteiger partial charge in [0, 0.05) is 0 Å². The number of likely N-dealkylation sites (N-methyl/N-ethyl adjacent to an activating group) is 1. The van der Waals surface area contributed by atoms with E-state index in [-0.39, 0.29) is 17.4 Å². The molecule has 14 heavy (non-hydrogen) atoms. The quantitative estimate of drug-likeness (QED) is 0.715. The first-order chi connectivity index (χ1) is 6.37. The van der Waals surface area contributed by atoms with E-state index in [1.807, 2.05) is 34.6 Å². The van der Waals surface area contributed by atoms with Crippen LogP contribution in [0.15, 0.2) is 0 Å². The van der Waals surface area contributed by atoms with Crippen molar-refractivity contribution in [2.24, 2.45) is 5.41 Å². The largest absolute Gasteiger partial charge is 0.464 e. The summed E-state index contributed by atoms with van der Waals surface area (Å²) in [6.45, 7) is 12.3. The molecule has 0 rings (SSSR count). The van der Waals surface area contributed by atoms with Gasteiger partial charge in [-0.05, 0) is 19.4 Å². The molecule has 1 unspecified atom stereocenters. The van der Waals surface area contributed by atoms with Gasteiger partial charge in [0.25, 0.3) is 0 Å². The van der Waals surface area contributed by atoms with Crippen molar-refractivity contribution in [3.63, 3.8) is 0 Å². The maximum absolute atomic E-state index is 11.1. The highest BCUT2D eigenvalue weighted by molar-refractivity contribution is 5.75. The summed E-state index contributed by atoms with van der Waals surface area (Å²) in [6, 6.07) is -0.215. The lowest BCUT2D eigenvalue weighted by atomic mass is 9.99. The first-order valence-electron chi connectivity index (χ1n) is 5.21. The summed E-state index contributed by atoms with van der Waals surface area (Å²) in [4.78, 5) is 11.1. The monoisotopic (exact) mass is 203 g/mol. The van der Waals surface area contributed by atoms with Gasteiger partial charge in [0.1, 0.15) is 6.04 Å². The predicted molar refractivity (Wildman–Crippen MR) is 60.3 cm³/mol. The van der Waals surface area contributed by atoms with Crippen LogP contribution in [0.2, 0.25) is 0 Å². The van der Waals surface area contributed by atoms with E-state index in [2.05, 4.69) is 5.32 Å². The number of carbonyl (C=O) groups excluding carboxylic acids is 1. The second-order valence-electron chi connectivity index (χ2n) is 4.18. The van der Waals surface area contributed by atoms with E-state index in [1.165, 1.54) is 0 Å². The molecule has 0 aromatic carbocycles. The zero-order valence-electron chi connectivity index (χ0n) is 10.6. The molecule has 0 aromatic heterocycles. The van der Waals surface area contributed by atoms with Crippen molar-refractivity contribution in [3.8, 4) is 0 Å². The zero-order chi connectivity index (χ0) is 11.8. The van der Waals surface area contributed by atoms with Crippen LogP contribution in [0, 0.1) is 5.41 Å². The lowest BCUT2D eigenvalue weighted by molar-refractivity contribution is -0.148. The molecule has 3 nitrogen and oxygen atoms in total. The lowest BCUT2D eigenvalue weighted by Crippen LogP contribution is -2.34. The van der Waals surface area contributed by atoms with Crippen molar-refractivity contribution >= 4 is 5.97 Å². The first kappa shape index (κ1) is 15.9. The van der Waals surface area contributed by atoms with Crippen LogP contribution in [-0.2, 0) is 9.53 Å². The Morgan fingerprint density at radius 3 is 2.07 bits per heavy atom. The number of ether oxygens (including phenoxy) is 1. The number of hydrogen-bond acceptors (Lipinski definition) is 3. The molecule has 0 aliphatic heterocycles. The fourth-order valence-electron chi connectivity index (χ4n) is 0.530. The van der Waals surface area contributed by atoms with Crippen LogP contribution in [0.5, 0.6) is 0 Å². The Morgan fingerprint density at radius 2 is 1.79 bits per heavy atom. The fraction of sp³-hybridized carbons (Fsp3) is 0.909. The number of esters is 1. The maximum Gasteiger partial charge on any atom is 0.322 e. The molecule has 0 aromatic rings. The number of carbonyl (C=O) groups is 1. The summed E-state index contributed by atoms with van der Waals surface area (Å²) in [5.41, 5.74) is 0.0448. The minimum absolute atomic E-state index is 0.0448. The Labute approximate surface area is 88.2 Å². The van der Waals surface area contributed by atoms with Gasteiger partial charge in [0.05, 0.1) is 6.61 Å². The van der Waals surface area contributed by atoms with E-state index < -0.39 is 0 Å². The van der Waals surface area contributed by atoms with Crippen molar-refractivity contribution in [1.29, 1.82) is 0 Å². The Bertz CT molecular complexity index is 150. The van der Waals surface area contributed by atoms with Gasteiger partial charge in [0.15, 0.2) is 0 Å². The summed E-state index contributed by atoms with van der Waals surface area (Å²) in [5.74, 6) is -0.188. The summed E-state index contributed by atoms with van der Waals surface area (Å²) in [6.07, 6.45) is 0. The second-order valence-corrected chi connectivity index (χ2v) is 4.18. The van der Waals surface area contributed by atoms with Crippen molar-refractivity contribution in [2.75, 3.05) is 13.7 Å². The highest BCUT2D eigenvalue weighted by Crippen LogP contribution is 2.12. The predicted octanol–water partition coefficient (Wildman–Crippen LogP) is 2.21. The van der Waals surface area contributed by atoms with Gasteiger partial charge in [-0.15, -0.1) is 0 Å². The maximum atomic E-state index is 11.1. The van der Waals surface area contributed by atoms with Gasteiger partial charge < -0.3 is 10.1 Å². The molecule has 0 aliphatic carbocycles. The Kier molecular flexibility index (Phi) is 8.85. The molecule has 86 valence electrons. The number of hydrogen-bond donors (Lipinski definition) is 1. The SMILES string of the molecule is CC.CNC(C)C(=O)OCC(C)(C)C. The minimum Gasteiger partial charge on any atom is -0.464 e. The van der Waals surface area contributed by atoms with Crippen LogP contribution >= 0.6 is 0 Å². The number of nitrogens with one attached hydrogen (secondary N) is 1.